The molecule has 8 aromatic rings. The molecule has 0 amide bonds. The van der Waals surface area contributed by atoms with Gasteiger partial charge in [0.15, 0.2) is 0 Å². The molecule has 0 saturated heterocycles. The molecule has 218 valence electrons. The fraction of sp³-hybridized carbons (Fsp3) is 0.116. The summed E-state index contributed by atoms with van der Waals surface area (Å²) in [5.41, 5.74) is 8.51. The summed E-state index contributed by atoms with van der Waals surface area (Å²) in [5, 5.41) is 7.61. The SMILES string of the molecule is CCCC(C)c1ccc2c(c1)c1cc(N(c3ccccc3)c3ccccc3)ccc1n2-c1cccc2cc3ccccc3cc12. The molecule has 0 spiro atoms. The highest BCUT2D eigenvalue weighted by Gasteiger charge is 2.19. The molecule has 0 aliphatic heterocycles. The Morgan fingerprint density at radius 3 is 1.80 bits per heavy atom. The van der Waals surface area contributed by atoms with Crippen LogP contribution in [0, 0.1) is 0 Å². The van der Waals surface area contributed by atoms with Gasteiger partial charge < -0.3 is 9.47 Å². The van der Waals surface area contributed by atoms with Crippen molar-refractivity contribution < 1.29 is 0 Å². The minimum atomic E-state index is 0.509. The number of hydrogen-bond donors (Lipinski definition) is 0. The van der Waals surface area contributed by atoms with E-state index in [1.54, 1.807) is 0 Å². The third kappa shape index (κ3) is 4.74. The number of nitrogens with zero attached hydrogens (tertiary/aromatic N) is 2. The highest BCUT2D eigenvalue weighted by Crippen LogP contribution is 2.41. The molecule has 2 nitrogen and oxygen atoms in total. The molecule has 0 aliphatic carbocycles. The van der Waals surface area contributed by atoms with Gasteiger partial charge in [0.1, 0.15) is 0 Å². The van der Waals surface area contributed by atoms with Crippen molar-refractivity contribution in [2.45, 2.75) is 32.6 Å². The quantitative estimate of drug-likeness (QED) is 0.170. The molecule has 7 aromatic carbocycles. The van der Waals surface area contributed by atoms with E-state index in [9.17, 15) is 0 Å². The maximum atomic E-state index is 2.48. The van der Waals surface area contributed by atoms with Crippen molar-refractivity contribution in [2.75, 3.05) is 4.90 Å². The first-order chi connectivity index (χ1) is 22.2. The Kier molecular flexibility index (Phi) is 6.84. The first kappa shape index (κ1) is 27.2. The van der Waals surface area contributed by atoms with Crippen LogP contribution in [0.5, 0.6) is 0 Å². The summed E-state index contributed by atoms with van der Waals surface area (Å²) in [7, 11) is 0. The van der Waals surface area contributed by atoms with Crippen molar-refractivity contribution in [1.82, 2.24) is 4.57 Å². The molecule has 1 atom stereocenters. The summed E-state index contributed by atoms with van der Waals surface area (Å²) >= 11 is 0. The van der Waals surface area contributed by atoms with E-state index in [-0.39, 0.29) is 0 Å². The minimum Gasteiger partial charge on any atom is -0.310 e. The molecule has 1 aromatic heterocycles. The van der Waals surface area contributed by atoms with E-state index in [1.807, 2.05) is 0 Å². The van der Waals surface area contributed by atoms with E-state index in [1.165, 1.54) is 67.4 Å². The van der Waals surface area contributed by atoms with Gasteiger partial charge in [0.25, 0.3) is 0 Å². The van der Waals surface area contributed by atoms with Crippen LogP contribution in [-0.2, 0) is 0 Å². The third-order valence-corrected chi connectivity index (χ3v) is 9.32. The van der Waals surface area contributed by atoms with E-state index in [0.29, 0.717) is 5.92 Å². The van der Waals surface area contributed by atoms with Gasteiger partial charge in [-0.2, -0.15) is 0 Å². The predicted octanol–water partition coefficient (Wildman–Crippen LogP) is 12.5. The number of aromatic nitrogens is 1. The largest absolute Gasteiger partial charge is 0.310 e. The van der Waals surface area contributed by atoms with Crippen LogP contribution in [0.15, 0.2) is 152 Å². The highest BCUT2D eigenvalue weighted by atomic mass is 15.1. The van der Waals surface area contributed by atoms with E-state index in [0.717, 1.165) is 17.1 Å². The Morgan fingerprint density at radius 1 is 0.511 bits per heavy atom. The summed E-state index contributed by atoms with van der Waals surface area (Å²) in [6.45, 7) is 4.64. The number of hydrogen-bond acceptors (Lipinski definition) is 1. The number of benzene rings is 7. The maximum absolute atomic E-state index is 2.48. The zero-order chi connectivity index (χ0) is 30.3. The zero-order valence-electron chi connectivity index (χ0n) is 25.8. The van der Waals surface area contributed by atoms with Crippen molar-refractivity contribution in [3.8, 4) is 5.69 Å². The van der Waals surface area contributed by atoms with Crippen LogP contribution in [-0.4, -0.2) is 4.57 Å². The van der Waals surface area contributed by atoms with Gasteiger partial charge in [0, 0.05) is 33.2 Å². The van der Waals surface area contributed by atoms with Crippen molar-refractivity contribution in [1.29, 1.82) is 0 Å². The lowest BCUT2D eigenvalue weighted by Crippen LogP contribution is -2.09. The fourth-order valence-corrected chi connectivity index (χ4v) is 7.08. The van der Waals surface area contributed by atoms with Crippen LogP contribution in [0.1, 0.15) is 38.2 Å². The second-order valence-electron chi connectivity index (χ2n) is 12.2. The topological polar surface area (TPSA) is 8.17 Å². The molecule has 0 N–H and O–H groups in total. The van der Waals surface area contributed by atoms with Gasteiger partial charge in [0.2, 0.25) is 0 Å². The summed E-state index contributed by atoms with van der Waals surface area (Å²) in [5.74, 6) is 0.509. The summed E-state index contributed by atoms with van der Waals surface area (Å²) in [6.07, 6.45) is 2.36. The molecule has 1 heterocycles. The summed E-state index contributed by atoms with van der Waals surface area (Å²) in [4.78, 5) is 2.36. The summed E-state index contributed by atoms with van der Waals surface area (Å²) in [6, 6.07) is 55.5. The average Bonchev–Trinajstić information content (AvgIpc) is 3.41. The van der Waals surface area contributed by atoms with Gasteiger partial charge >= 0.3 is 0 Å². The van der Waals surface area contributed by atoms with Crippen molar-refractivity contribution >= 4 is 60.4 Å². The molecule has 2 heteroatoms. The third-order valence-electron chi connectivity index (χ3n) is 9.32. The maximum Gasteiger partial charge on any atom is 0.0542 e. The Bertz CT molecular complexity index is 2260. The molecule has 0 fully saturated rings. The number of fused-ring (bicyclic) bond motifs is 5. The monoisotopic (exact) mass is 580 g/mol. The second-order valence-corrected chi connectivity index (χ2v) is 12.2. The highest BCUT2D eigenvalue weighted by molar-refractivity contribution is 6.13. The van der Waals surface area contributed by atoms with E-state index in [2.05, 4.69) is 175 Å². The van der Waals surface area contributed by atoms with Gasteiger partial charge in [0.05, 0.1) is 16.7 Å². The van der Waals surface area contributed by atoms with Crippen LogP contribution in [0.25, 0.3) is 49.0 Å². The molecular formula is C43H36N2. The van der Waals surface area contributed by atoms with Crippen LogP contribution in [0.3, 0.4) is 0 Å². The lowest BCUT2D eigenvalue weighted by molar-refractivity contribution is 0.665. The molecule has 0 bridgehead atoms. The van der Waals surface area contributed by atoms with Crippen LogP contribution in [0.4, 0.5) is 17.1 Å². The number of para-hydroxylation sites is 2. The van der Waals surface area contributed by atoms with Gasteiger partial charge in [-0.1, -0.05) is 99.1 Å². The second kappa shape index (κ2) is 11.3. The normalized spacial score (nSPS) is 12.3. The smallest absolute Gasteiger partial charge is 0.0542 e. The fourth-order valence-electron chi connectivity index (χ4n) is 7.08. The standard InChI is InChI=1S/C43H36N2/c1-3-13-30(2)31-22-24-42-39(27-31)40-29-37(44(35-17-6-4-7-18-35)36-19-8-5-9-20-36)23-25-43(40)45(42)41-21-12-16-34-26-32-14-10-11-15-33(32)28-38(34)41/h4-12,14-30H,3,13H2,1-2H3. The van der Waals surface area contributed by atoms with Crippen molar-refractivity contribution in [2.24, 2.45) is 0 Å². The number of rotatable bonds is 7. The summed E-state index contributed by atoms with van der Waals surface area (Å²) < 4.78 is 2.48. The first-order valence-electron chi connectivity index (χ1n) is 16.1. The van der Waals surface area contributed by atoms with Crippen LogP contribution < -0.4 is 4.90 Å². The molecular weight excluding hydrogens is 544 g/mol. The molecule has 0 saturated carbocycles. The Balaban J connectivity index is 1.42. The van der Waals surface area contributed by atoms with Gasteiger partial charge in [-0.15, -0.1) is 0 Å². The Morgan fingerprint density at radius 2 is 1.11 bits per heavy atom. The first-order valence-corrected chi connectivity index (χ1v) is 16.1. The molecule has 1 unspecified atom stereocenters. The minimum absolute atomic E-state index is 0.509. The van der Waals surface area contributed by atoms with Gasteiger partial charge in [-0.05, 0) is 107 Å². The van der Waals surface area contributed by atoms with E-state index >= 15 is 0 Å². The molecule has 0 aliphatic rings. The number of anilines is 3. The van der Waals surface area contributed by atoms with Crippen LogP contribution in [0.2, 0.25) is 0 Å². The van der Waals surface area contributed by atoms with Crippen LogP contribution >= 0.6 is 0 Å². The molecule has 0 radical (unpaired) electrons. The van der Waals surface area contributed by atoms with Crippen molar-refractivity contribution in [3.05, 3.63) is 157 Å². The van der Waals surface area contributed by atoms with Crippen molar-refractivity contribution in [3.63, 3.8) is 0 Å². The van der Waals surface area contributed by atoms with E-state index < -0.39 is 0 Å². The van der Waals surface area contributed by atoms with Gasteiger partial charge in [-0.25, -0.2) is 0 Å². The Labute approximate surface area is 264 Å². The lowest BCUT2D eigenvalue weighted by Gasteiger charge is -2.25. The average molecular weight is 581 g/mol. The Hall–Kier alpha value is -5.34. The zero-order valence-corrected chi connectivity index (χ0v) is 25.8. The lowest BCUT2D eigenvalue weighted by atomic mass is 9.95. The van der Waals surface area contributed by atoms with E-state index in [4.69, 9.17) is 0 Å². The molecule has 8 rings (SSSR count). The van der Waals surface area contributed by atoms with Gasteiger partial charge in [-0.3, -0.25) is 0 Å². The predicted molar refractivity (Wildman–Crippen MR) is 194 cm³/mol. The molecule has 45 heavy (non-hydrogen) atoms.